The average Bonchev–Trinajstić information content (AvgIpc) is 3.21. The van der Waals surface area contributed by atoms with Gasteiger partial charge in [0.15, 0.2) is 5.82 Å². The molecule has 2 aliphatic rings. The van der Waals surface area contributed by atoms with E-state index >= 15 is 0 Å². The van der Waals surface area contributed by atoms with Gasteiger partial charge in [-0.25, -0.2) is 0 Å². The fraction of sp³-hybridized carbons (Fsp3) is 0.750. The fourth-order valence-corrected chi connectivity index (χ4v) is 1.97. The number of nitrogens with zero attached hydrogens (tertiary/aromatic N) is 2. The highest BCUT2D eigenvalue weighted by molar-refractivity contribution is 5.85. The van der Waals surface area contributed by atoms with Gasteiger partial charge in [0.2, 0.25) is 5.89 Å². The van der Waals surface area contributed by atoms with Crippen LogP contribution >= 0.6 is 0 Å². The van der Waals surface area contributed by atoms with Gasteiger partial charge in [-0.15, -0.1) is 0 Å². The van der Waals surface area contributed by atoms with Gasteiger partial charge in [-0.05, 0) is 32.6 Å². The van der Waals surface area contributed by atoms with Crippen LogP contribution in [0, 0.1) is 0 Å². The Balaban J connectivity index is 1.84. The topological polar surface area (TPSA) is 65.2 Å². The smallest absolute Gasteiger partial charge is 0.321 e. The van der Waals surface area contributed by atoms with Crippen LogP contribution in [0.4, 0.5) is 0 Å². The van der Waals surface area contributed by atoms with E-state index < -0.39 is 5.41 Å². The molecule has 5 nitrogen and oxygen atoms in total. The van der Waals surface area contributed by atoms with Crippen LogP contribution in [0.2, 0.25) is 0 Å². The van der Waals surface area contributed by atoms with E-state index in [0.29, 0.717) is 12.5 Å². The number of ether oxygens (including phenoxy) is 1. The van der Waals surface area contributed by atoms with E-state index in [1.165, 1.54) is 0 Å². The zero-order chi connectivity index (χ0) is 12.1. The highest BCUT2D eigenvalue weighted by atomic mass is 16.5. The molecule has 0 aromatic carbocycles. The fourth-order valence-electron chi connectivity index (χ4n) is 1.97. The van der Waals surface area contributed by atoms with Crippen molar-refractivity contribution in [1.82, 2.24) is 10.1 Å². The molecule has 0 aliphatic heterocycles. The molecule has 92 valence electrons. The van der Waals surface area contributed by atoms with Crippen LogP contribution in [0.25, 0.3) is 0 Å². The summed E-state index contributed by atoms with van der Waals surface area (Å²) in [6.07, 6.45) is 3.70. The summed E-state index contributed by atoms with van der Waals surface area (Å²) in [6.45, 7) is 4.31. The maximum atomic E-state index is 11.9. The number of esters is 1. The van der Waals surface area contributed by atoms with Gasteiger partial charge in [-0.3, -0.25) is 4.79 Å². The molecule has 0 amide bonds. The Hall–Kier alpha value is -1.39. The highest BCUT2D eigenvalue weighted by Gasteiger charge is 2.58. The molecule has 5 heteroatoms. The third-order valence-corrected chi connectivity index (χ3v) is 3.79. The highest BCUT2D eigenvalue weighted by Crippen LogP contribution is 2.51. The van der Waals surface area contributed by atoms with Gasteiger partial charge in [-0.2, -0.15) is 4.98 Å². The molecule has 0 unspecified atom stereocenters. The number of rotatable bonds is 4. The Bertz CT molecular complexity index is 458. The Labute approximate surface area is 99.5 Å². The van der Waals surface area contributed by atoms with Crippen LogP contribution < -0.4 is 0 Å². The SMILES string of the molecule is CCOC(=O)C1(c2nc(C3(C)CC3)no2)CC1. The minimum atomic E-state index is -0.632. The predicted molar refractivity (Wildman–Crippen MR) is 58.4 cm³/mol. The van der Waals surface area contributed by atoms with E-state index in [9.17, 15) is 4.79 Å². The Morgan fingerprint density at radius 1 is 1.41 bits per heavy atom. The van der Waals surface area contributed by atoms with Crippen molar-refractivity contribution in [1.29, 1.82) is 0 Å². The normalized spacial score (nSPS) is 23.2. The van der Waals surface area contributed by atoms with Crippen molar-refractivity contribution in [3.63, 3.8) is 0 Å². The van der Waals surface area contributed by atoms with E-state index in [2.05, 4.69) is 17.1 Å². The summed E-state index contributed by atoms with van der Waals surface area (Å²) in [5, 5.41) is 4.00. The minimum absolute atomic E-state index is 0.0759. The molecule has 3 rings (SSSR count). The Kier molecular flexibility index (Phi) is 2.09. The number of hydrogen-bond donors (Lipinski definition) is 0. The standard InChI is InChI=1S/C12H16N2O3/c1-3-16-10(15)12(6-7-12)9-13-8(14-17-9)11(2)4-5-11/h3-7H2,1-2H3. The van der Waals surface area contributed by atoms with Crippen LogP contribution in [-0.4, -0.2) is 22.7 Å². The summed E-state index contributed by atoms with van der Waals surface area (Å²) in [5.74, 6) is 0.957. The lowest BCUT2D eigenvalue weighted by Crippen LogP contribution is -2.23. The Morgan fingerprint density at radius 3 is 2.65 bits per heavy atom. The third kappa shape index (κ3) is 1.56. The molecule has 1 aromatic rings. The van der Waals surface area contributed by atoms with Gasteiger partial charge >= 0.3 is 5.97 Å². The monoisotopic (exact) mass is 236 g/mol. The van der Waals surface area contributed by atoms with Crippen molar-refractivity contribution in [2.75, 3.05) is 6.61 Å². The third-order valence-electron chi connectivity index (χ3n) is 3.79. The second kappa shape index (κ2) is 3.31. The maximum Gasteiger partial charge on any atom is 0.321 e. The molecule has 1 aromatic heterocycles. The van der Waals surface area contributed by atoms with Gasteiger partial charge < -0.3 is 9.26 Å². The van der Waals surface area contributed by atoms with E-state index in [1.54, 1.807) is 6.92 Å². The van der Waals surface area contributed by atoms with Crippen LogP contribution in [0.15, 0.2) is 4.52 Å². The first-order chi connectivity index (χ1) is 8.11. The Morgan fingerprint density at radius 2 is 2.12 bits per heavy atom. The quantitative estimate of drug-likeness (QED) is 0.745. The van der Waals surface area contributed by atoms with Crippen molar-refractivity contribution in [3.05, 3.63) is 11.7 Å². The molecular formula is C12H16N2O3. The molecular weight excluding hydrogens is 220 g/mol. The molecule has 1 heterocycles. The van der Waals surface area contributed by atoms with E-state index in [-0.39, 0.29) is 11.4 Å². The number of hydrogen-bond acceptors (Lipinski definition) is 5. The van der Waals surface area contributed by atoms with Gasteiger partial charge in [0.25, 0.3) is 0 Å². The number of carbonyl (C=O) groups excluding carboxylic acids is 1. The lowest BCUT2D eigenvalue weighted by Gasteiger charge is -2.08. The van der Waals surface area contributed by atoms with E-state index in [1.807, 2.05) is 0 Å². The van der Waals surface area contributed by atoms with Crippen LogP contribution in [0.5, 0.6) is 0 Å². The van der Waals surface area contributed by atoms with Crippen molar-refractivity contribution < 1.29 is 14.1 Å². The van der Waals surface area contributed by atoms with Crippen molar-refractivity contribution in [3.8, 4) is 0 Å². The van der Waals surface area contributed by atoms with Crippen molar-refractivity contribution in [2.45, 2.75) is 50.4 Å². The number of carbonyl (C=O) groups is 1. The summed E-state index contributed by atoms with van der Waals surface area (Å²) in [5.41, 5.74) is -0.557. The van der Waals surface area contributed by atoms with Gasteiger partial charge in [-0.1, -0.05) is 12.1 Å². The summed E-state index contributed by atoms with van der Waals surface area (Å²) in [4.78, 5) is 16.3. The zero-order valence-corrected chi connectivity index (χ0v) is 10.2. The zero-order valence-electron chi connectivity index (χ0n) is 10.2. The molecule has 0 N–H and O–H groups in total. The van der Waals surface area contributed by atoms with Crippen LogP contribution in [0.1, 0.15) is 51.2 Å². The molecule has 17 heavy (non-hydrogen) atoms. The summed E-state index contributed by atoms with van der Waals surface area (Å²) in [7, 11) is 0. The van der Waals surface area contributed by atoms with Crippen molar-refractivity contribution in [2.24, 2.45) is 0 Å². The average molecular weight is 236 g/mol. The van der Waals surface area contributed by atoms with Crippen LogP contribution in [-0.2, 0) is 20.4 Å². The summed E-state index contributed by atoms with van der Waals surface area (Å²) < 4.78 is 10.3. The lowest BCUT2D eigenvalue weighted by molar-refractivity contribution is -0.146. The van der Waals surface area contributed by atoms with Gasteiger partial charge in [0.1, 0.15) is 5.41 Å². The molecule has 0 bridgehead atoms. The molecule has 0 radical (unpaired) electrons. The largest absolute Gasteiger partial charge is 0.465 e. The minimum Gasteiger partial charge on any atom is -0.465 e. The first-order valence-corrected chi connectivity index (χ1v) is 6.13. The predicted octanol–water partition coefficient (Wildman–Crippen LogP) is 1.72. The summed E-state index contributed by atoms with van der Waals surface area (Å²) >= 11 is 0. The van der Waals surface area contributed by atoms with E-state index in [0.717, 1.165) is 31.5 Å². The van der Waals surface area contributed by atoms with Crippen molar-refractivity contribution >= 4 is 5.97 Å². The molecule has 2 aliphatic carbocycles. The second-order valence-electron chi connectivity index (χ2n) is 5.29. The molecule has 2 fully saturated rings. The molecule has 2 saturated carbocycles. The second-order valence-corrected chi connectivity index (χ2v) is 5.29. The summed E-state index contributed by atoms with van der Waals surface area (Å²) in [6, 6.07) is 0. The molecule has 0 saturated heterocycles. The van der Waals surface area contributed by atoms with Crippen LogP contribution in [0.3, 0.4) is 0 Å². The number of aromatic nitrogens is 2. The lowest BCUT2D eigenvalue weighted by atomic mass is 10.1. The molecule has 0 spiro atoms. The maximum absolute atomic E-state index is 11.9. The first-order valence-electron chi connectivity index (χ1n) is 6.13. The molecule has 0 atom stereocenters. The first kappa shape index (κ1) is 10.7. The van der Waals surface area contributed by atoms with E-state index in [4.69, 9.17) is 9.26 Å². The van der Waals surface area contributed by atoms with Gasteiger partial charge in [0, 0.05) is 5.41 Å². The van der Waals surface area contributed by atoms with Gasteiger partial charge in [0.05, 0.1) is 6.61 Å².